The number of carbonyl (C=O) groups is 3. The van der Waals surface area contributed by atoms with Gasteiger partial charge in [0, 0.05) is 18.9 Å². The van der Waals surface area contributed by atoms with Gasteiger partial charge in [0.25, 0.3) is 0 Å². The largest absolute Gasteiger partial charge is 0.462 e. The molecule has 69 heavy (non-hydrogen) atoms. The lowest BCUT2D eigenvalue weighted by atomic mass is 10.1. The van der Waals surface area contributed by atoms with Gasteiger partial charge in [0.15, 0.2) is 11.9 Å². The maximum absolute atomic E-state index is 12.8. The van der Waals surface area contributed by atoms with Crippen molar-refractivity contribution in [1.29, 1.82) is 0 Å². The van der Waals surface area contributed by atoms with Crippen LogP contribution in [0.5, 0.6) is 0 Å². The number of unbranched alkanes of at least 4 members (excludes halogenated alkanes) is 29. The topological polar surface area (TPSA) is 108 Å². The van der Waals surface area contributed by atoms with Crippen molar-refractivity contribution in [2.75, 3.05) is 13.2 Å². The van der Waals surface area contributed by atoms with Crippen LogP contribution >= 0.6 is 0 Å². The van der Waals surface area contributed by atoms with Crippen molar-refractivity contribution in [2.24, 2.45) is 0 Å². The summed E-state index contributed by atoms with van der Waals surface area (Å²) in [5, 5.41) is 9.31. The average Bonchev–Trinajstić information content (AvgIpc) is 3.35. The second-order valence-corrected chi connectivity index (χ2v) is 18.6. The highest BCUT2D eigenvalue weighted by Crippen LogP contribution is 2.14. The number of allylic oxidation sites excluding steroid dienone is 14. The van der Waals surface area contributed by atoms with E-state index in [0.717, 1.165) is 77.0 Å². The van der Waals surface area contributed by atoms with E-state index < -0.39 is 18.0 Å². The zero-order valence-corrected chi connectivity index (χ0v) is 44.4. The summed E-state index contributed by atoms with van der Waals surface area (Å²) < 4.78 is 16.5. The molecule has 0 aromatic rings. The fourth-order valence-electron chi connectivity index (χ4n) is 7.66. The molecule has 0 spiro atoms. The van der Waals surface area contributed by atoms with Crippen LogP contribution in [0.25, 0.3) is 0 Å². The van der Waals surface area contributed by atoms with Crippen LogP contribution in [0.1, 0.15) is 252 Å². The highest BCUT2D eigenvalue weighted by Gasteiger charge is 2.19. The van der Waals surface area contributed by atoms with Crippen molar-refractivity contribution in [3.63, 3.8) is 0 Å². The third-order valence-electron chi connectivity index (χ3n) is 11.9. The Morgan fingerprint density at radius 1 is 0.391 bits per heavy atom. The van der Waals surface area contributed by atoms with E-state index in [0.29, 0.717) is 6.42 Å². The molecule has 8 nitrogen and oxygen atoms in total. The van der Waals surface area contributed by atoms with Gasteiger partial charge < -0.3 is 19.1 Å². The van der Waals surface area contributed by atoms with Crippen LogP contribution in [-0.2, 0) is 33.5 Å². The molecule has 0 aromatic carbocycles. The van der Waals surface area contributed by atoms with E-state index in [4.69, 9.17) is 14.2 Å². The molecule has 8 heteroatoms. The molecule has 0 bridgehead atoms. The number of hydrogen-bond donors (Lipinski definition) is 1. The minimum absolute atomic E-state index is 0.114. The molecule has 0 saturated carbocycles. The van der Waals surface area contributed by atoms with Crippen molar-refractivity contribution in [1.82, 2.24) is 0 Å². The van der Waals surface area contributed by atoms with E-state index in [9.17, 15) is 19.6 Å². The summed E-state index contributed by atoms with van der Waals surface area (Å²) in [6, 6.07) is 0. The third-order valence-corrected chi connectivity index (χ3v) is 11.9. The summed E-state index contributed by atoms with van der Waals surface area (Å²) in [5.41, 5.74) is 0. The molecular formula is C61H102O8. The van der Waals surface area contributed by atoms with E-state index >= 15 is 0 Å². The molecule has 1 N–H and O–H groups in total. The van der Waals surface area contributed by atoms with Crippen molar-refractivity contribution < 1.29 is 38.7 Å². The van der Waals surface area contributed by atoms with Gasteiger partial charge in [-0.25, -0.2) is 10.1 Å². The molecule has 0 aliphatic heterocycles. The van der Waals surface area contributed by atoms with Crippen molar-refractivity contribution >= 4 is 17.9 Å². The Morgan fingerprint density at radius 3 is 1.23 bits per heavy atom. The fraction of sp³-hybridized carbons (Fsp3) is 0.689. The summed E-state index contributed by atoms with van der Waals surface area (Å²) in [6.45, 7) is 6.30. The SMILES string of the molecule is CCCCCCCC/C=C\CCCCCCCC(=O)OCC(COC(=O)C=CC=C(C=CC=CC=CC=CCCCCCCCCC)OO)OC(=O)CCCCCCC/C=C\CCCCCCCC. The molecule has 0 fully saturated rings. The fourth-order valence-corrected chi connectivity index (χ4v) is 7.66. The van der Waals surface area contributed by atoms with Crippen LogP contribution in [0.2, 0.25) is 0 Å². The normalized spacial score (nSPS) is 12.9. The van der Waals surface area contributed by atoms with Gasteiger partial charge >= 0.3 is 17.9 Å². The summed E-state index contributed by atoms with van der Waals surface area (Å²) in [6.07, 6.45) is 68.7. The molecule has 0 aliphatic carbocycles. The van der Waals surface area contributed by atoms with Crippen LogP contribution in [0.15, 0.2) is 96.9 Å². The zero-order chi connectivity index (χ0) is 50.2. The molecule has 1 unspecified atom stereocenters. The van der Waals surface area contributed by atoms with Crippen LogP contribution < -0.4 is 0 Å². The summed E-state index contributed by atoms with van der Waals surface area (Å²) in [5.74, 6) is -1.33. The molecule has 0 radical (unpaired) electrons. The monoisotopic (exact) mass is 963 g/mol. The van der Waals surface area contributed by atoms with Gasteiger partial charge in [-0.05, 0) is 89.2 Å². The molecule has 0 aliphatic rings. The van der Waals surface area contributed by atoms with E-state index in [1.165, 1.54) is 153 Å². The summed E-state index contributed by atoms with van der Waals surface area (Å²) >= 11 is 0. The summed E-state index contributed by atoms with van der Waals surface area (Å²) in [7, 11) is 0. The highest BCUT2D eigenvalue weighted by molar-refractivity contribution is 5.82. The Bertz CT molecular complexity index is 1420. The first kappa shape index (κ1) is 65.1. The maximum atomic E-state index is 12.8. The molecular weight excluding hydrogens is 861 g/mol. The van der Waals surface area contributed by atoms with Crippen LogP contribution in [0.4, 0.5) is 0 Å². The van der Waals surface area contributed by atoms with Gasteiger partial charge in [0.2, 0.25) is 0 Å². The number of esters is 3. The van der Waals surface area contributed by atoms with Gasteiger partial charge in [-0.15, -0.1) is 0 Å². The van der Waals surface area contributed by atoms with E-state index in [1.54, 1.807) is 18.2 Å². The molecule has 0 heterocycles. The van der Waals surface area contributed by atoms with Crippen molar-refractivity contribution in [3.05, 3.63) is 96.9 Å². The van der Waals surface area contributed by atoms with Crippen molar-refractivity contribution in [2.45, 2.75) is 258 Å². The quantitative estimate of drug-likeness (QED) is 0.00739. The van der Waals surface area contributed by atoms with Crippen LogP contribution in [0.3, 0.4) is 0 Å². The lowest BCUT2D eigenvalue weighted by Crippen LogP contribution is -2.30. The molecule has 0 amide bonds. The van der Waals surface area contributed by atoms with Gasteiger partial charge in [-0.1, -0.05) is 235 Å². The lowest BCUT2D eigenvalue weighted by molar-refractivity contribution is -0.198. The number of hydrogen-bond acceptors (Lipinski definition) is 8. The minimum Gasteiger partial charge on any atom is -0.462 e. The molecule has 0 rings (SSSR count). The van der Waals surface area contributed by atoms with E-state index in [2.05, 4.69) is 62.1 Å². The smallest absolute Gasteiger partial charge is 0.330 e. The summed E-state index contributed by atoms with van der Waals surface area (Å²) in [4.78, 5) is 42.5. The van der Waals surface area contributed by atoms with E-state index in [-0.39, 0.29) is 37.8 Å². The molecule has 394 valence electrons. The first-order valence-corrected chi connectivity index (χ1v) is 28.1. The zero-order valence-electron chi connectivity index (χ0n) is 44.4. The van der Waals surface area contributed by atoms with Gasteiger partial charge in [0.05, 0.1) is 0 Å². The Kier molecular flexibility index (Phi) is 51.9. The predicted molar refractivity (Wildman–Crippen MR) is 291 cm³/mol. The second-order valence-electron chi connectivity index (χ2n) is 18.6. The average molecular weight is 963 g/mol. The number of rotatable bonds is 50. The van der Waals surface area contributed by atoms with Crippen LogP contribution in [0, 0.1) is 0 Å². The first-order valence-electron chi connectivity index (χ1n) is 28.1. The van der Waals surface area contributed by atoms with Gasteiger partial charge in [-0.2, -0.15) is 0 Å². The Balaban J connectivity index is 4.80. The van der Waals surface area contributed by atoms with Crippen molar-refractivity contribution in [3.8, 4) is 0 Å². The van der Waals surface area contributed by atoms with E-state index in [1.807, 2.05) is 18.2 Å². The molecule has 0 aromatic heterocycles. The molecule has 1 atom stereocenters. The second kappa shape index (κ2) is 55.0. The van der Waals surface area contributed by atoms with Gasteiger partial charge in [-0.3, -0.25) is 9.59 Å². The standard InChI is InChI=1S/C61H102O8/c1-4-7-10-13-16-19-22-25-28-31-34-37-40-43-46-50-57(69-65)51-49-54-60(63)67-56-58(68-61(64)53-48-45-42-39-36-33-30-27-24-21-18-15-12-9-6-3)55-66-59(62)52-47-44-41-38-35-32-29-26-23-20-17-14-11-8-5-2/h26-31,34,37,40,43,46,49-51,54,58,65H,4-25,32-33,35-36,38-39,41-42,44-45,47-48,52-53,55-56H2,1-3H3/b29-26-,30-27-,31-28?,37-34?,43-40?,50-46?,54-49?,57-51?. The lowest BCUT2D eigenvalue weighted by Gasteiger charge is -2.18. The van der Waals surface area contributed by atoms with Gasteiger partial charge in [0.1, 0.15) is 13.2 Å². The Hall–Kier alpha value is -3.91. The number of ether oxygens (including phenoxy) is 3. The maximum Gasteiger partial charge on any atom is 0.330 e. The first-order chi connectivity index (χ1) is 34.0. The third kappa shape index (κ3) is 51.8. The Labute approximate surface area is 423 Å². The molecule has 0 saturated heterocycles. The highest BCUT2D eigenvalue weighted by atomic mass is 17.1. The van der Waals surface area contributed by atoms with Crippen LogP contribution in [-0.4, -0.2) is 42.5 Å². The predicted octanol–water partition coefficient (Wildman–Crippen LogP) is 18.4. The Morgan fingerprint density at radius 2 is 0.768 bits per heavy atom. The number of carbonyl (C=O) groups excluding carboxylic acids is 3. The minimum atomic E-state index is -0.924.